The molecule has 5 rings (SSSR count). The van der Waals surface area contributed by atoms with Crippen LogP contribution in [0.1, 0.15) is 53.1 Å². The summed E-state index contributed by atoms with van der Waals surface area (Å²) >= 11 is 0. The lowest BCUT2D eigenvalue weighted by molar-refractivity contribution is 0.0937. The van der Waals surface area contributed by atoms with Gasteiger partial charge in [0.15, 0.2) is 0 Å². The molecule has 3 aromatic heterocycles. The van der Waals surface area contributed by atoms with Crippen molar-refractivity contribution in [3.63, 3.8) is 0 Å². The average Bonchev–Trinajstić information content (AvgIpc) is 2.97. The Bertz CT molecular complexity index is 1740. The number of hydrogen-bond acceptors (Lipinski definition) is 8. The van der Waals surface area contributed by atoms with Crippen LogP contribution in [0, 0.1) is 0 Å². The maximum Gasteiger partial charge on any atom is 0.280 e. The van der Waals surface area contributed by atoms with E-state index in [-0.39, 0.29) is 41.5 Å². The van der Waals surface area contributed by atoms with Gasteiger partial charge in [-0.15, -0.1) is 0 Å². The van der Waals surface area contributed by atoms with Crippen LogP contribution in [-0.2, 0) is 21.2 Å². The Morgan fingerprint density at radius 3 is 2.66 bits per heavy atom. The van der Waals surface area contributed by atoms with E-state index in [9.17, 15) is 26.4 Å². The van der Waals surface area contributed by atoms with E-state index < -0.39 is 39.4 Å². The second kappa shape index (κ2) is 11.4. The Balaban J connectivity index is 1.41. The Morgan fingerprint density at radius 2 is 1.90 bits per heavy atom. The molecular weight excluding hydrogens is 561 g/mol. The molecular formula is C28H25F3N4O5S. The van der Waals surface area contributed by atoms with Crippen molar-refractivity contribution in [2.24, 2.45) is 0 Å². The highest BCUT2D eigenvalue weighted by Gasteiger charge is 2.32. The third-order valence-corrected chi connectivity index (χ3v) is 8.58. The zero-order chi connectivity index (χ0) is 29.3. The van der Waals surface area contributed by atoms with Crippen molar-refractivity contribution < 1.29 is 35.9 Å². The Labute approximate surface area is 233 Å². The fourth-order valence-electron chi connectivity index (χ4n) is 4.43. The Hall–Kier alpha value is -4.10. The predicted octanol–water partition coefficient (Wildman–Crippen LogP) is 5.12. The molecule has 0 bridgehead atoms. The average molecular weight is 587 g/mol. The number of nitrogens with zero attached hydrogens (tertiary/aromatic N) is 3. The number of aromatic nitrogens is 3. The lowest BCUT2D eigenvalue weighted by Gasteiger charge is -2.19. The van der Waals surface area contributed by atoms with E-state index in [1.54, 1.807) is 31.3 Å². The predicted molar refractivity (Wildman–Crippen MR) is 143 cm³/mol. The number of benzene rings is 1. The molecule has 1 aliphatic heterocycles. The topological polar surface area (TPSA) is 120 Å². The van der Waals surface area contributed by atoms with Crippen molar-refractivity contribution in [2.75, 3.05) is 13.7 Å². The fourth-order valence-corrected chi connectivity index (χ4v) is 5.90. The Kier molecular flexibility index (Phi) is 7.91. The number of methoxy groups -OCH3 is 1. The van der Waals surface area contributed by atoms with Crippen molar-refractivity contribution in [3.05, 3.63) is 77.2 Å². The number of fused-ring (bicyclic) bond motifs is 2. The third kappa shape index (κ3) is 5.72. The number of amides is 1. The summed E-state index contributed by atoms with van der Waals surface area (Å²) < 4.78 is 76.5. The van der Waals surface area contributed by atoms with Gasteiger partial charge in [-0.3, -0.25) is 9.78 Å². The largest absolute Gasteiger partial charge is 0.480 e. The minimum atomic E-state index is -4.28. The molecule has 0 fully saturated rings. The molecule has 1 aromatic carbocycles. The normalized spacial score (nSPS) is 17.4. The number of sulfone groups is 1. The highest BCUT2D eigenvalue weighted by Crippen LogP contribution is 2.31. The quantitative estimate of drug-likeness (QED) is 0.331. The van der Waals surface area contributed by atoms with E-state index in [1.165, 1.54) is 31.4 Å². The van der Waals surface area contributed by atoms with Crippen molar-refractivity contribution in [2.45, 2.75) is 42.8 Å². The first-order valence-corrected chi connectivity index (χ1v) is 14.1. The number of hydrogen-bond donors (Lipinski definition) is 1. The molecule has 13 heteroatoms. The molecule has 1 amide bonds. The van der Waals surface area contributed by atoms with Crippen LogP contribution in [0.2, 0.25) is 0 Å². The molecule has 0 unspecified atom stereocenters. The highest BCUT2D eigenvalue weighted by molar-refractivity contribution is 7.92. The maximum atomic E-state index is 14.4. The van der Waals surface area contributed by atoms with Gasteiger partial charge in [-0.2, -0.15) is 0 Å². The van der Waals surface area contributed by atoms with Crippen LogP contribution in [0.15, 0.2) is 59.6 Å². The lowest BCUT2D eigenvalue weighted by atomic mass is 10.1. The standard InChI is InChI=1S/C28H25F3N4O5S/c1-15(33-27(36)16-3-4-18-14-40-10-9-25(29)41(37,38)24(18)11-16)22-12-23-17(13-32-22)5-7-20(34-23)19-6-8-21(26(30)31)35-28(19)39-2/h3-8,11-13,15,25-26H,9-10,14H2,1-2H3,(H,33,36)/t15-,25+/m0/s1. The first kappa shape index (κ1) is 28.4. The number of rotatable bonds is 6. The molecule has 0 saturated carbocycles. The molecule has 0 radical (unpaired) electrons. The minimum Gasteiger partial charge on any atom is -0.480 e. The summed E-state index contributed by atoms with van der Waals surface area (Å²) in [6.07, 6.45) is -1.45. The molecule has 0 spiro atoms. The van der Waals surface area contributed by atoms with Gasteiger partial charge in [0.25, 0.3) is 12.3 Å². The molecule has 214 valence electrons. The fraction of sp³-hybridized carbons (Fsp3) is 0.286. The summed E-state index contributed by atoms with van der Waals surface area (Å²) in [7, 11) is -2.95. The molecule has 4 heterocycles. The van der Waals surface area contributed by atoms with Gasteiger partial charge in [-0.05, 0) is 55.0 Å². The summed E-state index contributed by atoms with van der Waals surface area (Å²) in [5.74, 6) is -0.569. The van der Waals surface area contributed by atoms with Crippen LogP contribution < -0.4 is 10.1 Å². The number of alkyl halides is 3. The van der Waals surface area contributed by atoms with E-state index in [1.807, 2.05) is 0 Å². The third-order valence-electron chi connectivity index (χ3n) is 6.68. The first-order chi connectivity index (χ1) is 19.6. The summed E-state index contributed by atoms with van der Waals surface area (Å²) in [6, 6.07) is 11.2. The second-order valence-corrected chi connectivity index (χ2v) is 11.4. The minimum absolute atomic E-state index is 0.00607. The van der Waals surface area contributed by atoms with Crippen molar-refractivity contribution in [1.82, 2.24) is 20.3 Å². The molecule has 41 heavy (non-hydrogen) atoms. The number of nitrogens with one attached hydrogen (secondary N) is 1. The van der Waals surface area contributed by atoms with Gasteiger partial charge in [-0.25, -0.2) is 31.6 Å². The summed E-state index contributed by atoms with van der Waals surface area (Å²) in [5, 5.41) is 3.48. The van der Waals surface area contributed by atoms with Gasteiger partial charge >= 0.3 is 0 Å². The SMILES string of the molecule is COc1nc(C(F)F)ccc1-c1ccc2cnc([C@H](C)NC(=O)c3ccc4c(c3)S(=O)(=O)[C@@H](F)CCOC4)cc2n1. The van der Waals surface area contributed by atoms with E-state index in [2.05, 4.69) is 20.3 Å². The second-order valence-electron chi connectivity index (χ2n) is 9.41. The van der Waals surface area contributed by atoms with Crippen LogP contribution >= 0.6 is 0 Å². The molecule has 2 atom stereocenters. The van der Waals surface area contributed by atoms with Gasteiger partial charge in [0.05, 0.1) is 53.7 Å². The summed E-state index contributed by atoms with van der Waals surface area (Å²) in [5.41, 5.74) is -0.369. The van der Waals surface area contributed by atoms with Gasteiger partial charge in [0.1, 0.15) is 5.69 Å². The summed E-state index contributed by atoms with van der Waals surface area (Å²) in [6.45, 7) is 1.67. The smallest absolute Gasteiger partial charge is 0.280 e. The number of pyridine rings is 3. The van der Waals surface area contributed by atoms with Gasteiger partial charge < -0.3 is 14.8 Å². The molecule has 1 N–H and O–H groups in total. The van der Waals surface area contributed by atoms with E-state index >= 15 is 0 Å². The van der Waals surface area contributed by atoms with Crippen LogP contribution in [0.25, 0.3) is 22.2 Å². The van der Waals surface area contributed by atoms with Gasteiger partial charge in [0.2, 0.25) is 21.2 Å². The van der Waals surface area contributed by atoms with Gasteiger partial charge in [0, 0.05) is 23.6 Å². The number of halogens is 3. The molecule has 0 aliphatic carbocycles. The first-order valence-electron chi connectivity index (χ1n) is 12.6. The Morgan fingerprint density at radius 1 is 1.10 bits per heavy atom. The molecule has 4 aromatic rings. The zero-order valence-corrected chi connectivity index (χ0v) is 22.8. The van der Waals surface area contributed by atoms with E-state index in [0.29, 0.717) is 27.9 Å². The monoisotopic (exact) mass is 586 g/mol. The molecule has 0 saturated heterocycles. The maximum absolute atomic E-state index is 14.4. The van der Waals surface area contributed by atoms with Crippen molar-refractivity contribution in [3.8, 4) is 17.1 Å². The molecule has 1 aliphatic rings. The number of carbonyl (C=O) groups excluding carboxylic acids is 1. The van der Waals surface area contributed by atoms with Crippen LogP contribution in [0.4, 0.5) is 13.2 Å². The summed E-state index contributed by atoms with van der Waals surface area (Å²) in [4.78, 5) is 25.7. The van der Waals surface area contributed by atoms with E-state index in [4.69, 9.17) is 9.47 Å². The highest BCUT2D eigenvalue weighted by atomic mass is 32.2. The number of ether oxygens (including phenoxy) is 2. The van der Waals surface area contributed by atoms with Crippen LogP contribution in [0.5, 0.6) is 5.88 Å². The van der Waals surface area contributed by atoms with Crippen molar-refractivity contribution in [1.29, 1.82) is 0 Å². The number of carbonyl (C=O) groups is 1. The van der Waals surface area contributed by atoms with Crippen LogP contribution in [0.3, 0.4) is 0 Å². The van der Waals surface area contributed by atoms with E-state index in [0.717, 1.165) is 6.07 Å². The van der Waals surface area contributed by atoms with Crippen LogP contribution in [-0.4, -0.2) is 48.5 Å². The lowest BCUT2D eigenvalue weighted by Crippen LogP contribution is -2.28. The molecule has 9 nitrogen and oxygen atoms in total. The van der Waals surface area contributed by atoms with Crippen molar-refractivity contribution >= 4 is 26.6 Å². The van der Waals surface area contributed by atoms with Gasteiger partial charge in [-0.1, -0.05) is 6.07 Å². The zero-order valence-electron chi connectivity index (χ0n) is 22.0.